The smallest absolute Gasteiger partial charge is 0.850 e. The first kappa shape index (κ1) is 19.0. The predicted molar refractivity (Wildman–Crippen MR) is 81.1 cm³/mol. The molecule has 0 aliphatic carbocycles. The van der Waals surface area contributed by atoms with Gasteiger partial charge in [-0.1, -0.05) is 51.1 Å². The van der Waals surface area contributed by atoms with Crippen LogP contribution >= 0.6 is 7.65 Å². The molecule has 1 aromatic heterocycles. The zero-order chi connectivity index (χ0) is 14.8. The Bertz CT molecular complexity index is 784. The Morgan fingerprint density at radius 1 is 0.952 bits per heavy atom. The second-order valence-electron chi connectivity index (χ2n) is 5.47. The summed E-state index contributed by atoms with van der Waals surface area (Å²) in [5.74, 6) is 0. The van der Waals surface area contributed by atoms with Gasteiger partial charge < -0.3 is 5.11 Å². The van der Waals surface area contributed by atoms with Crippen LogP contribution in [0.1, 0.15) is 20.8 Å². The van der Waals surface area contributed by atoms with E-state index in [-0.39, 0.29) is 51.4 Å². The maximum Gasteiger partial charge on any atom is 1.00 e. The SMILES string of the molecule is CC(C)(C)[O-].O=[p+]1oc2ccccc2c2ccccc21.[K+]. The van der Waals surface area contributed by atoms with Gasteiger partial charge in [0.05, 0.1) is 0 Å². The molecule has 0 radical (unpaired) electrons. The summed E-state index contributed by atoms with van der Waals surface area (Å²) < 4.78 is 17.1. The molecule has 1 unspecified atom stereocenters. The van der Waals surface area contributed by atoms with Crippen LogP contribution < -0.4 is 56.5 Å². The Labute approximate surface area is 167 Å². The fourth-order valence-corrected chi connectivity index (χ4v) is 2.80. The molecule has 3 nitrogen and oxygen atoms in total. The van der Waals surface area contributed by atoms with Crippen molar-refractivity contribution < 1.29 is 65.3 Å². The molecule has 0 amide bonds. The zero-order valence-corrected chi connectivity index (χ0v) is 16.8. The van der Waals surface area contributed by atoms with Gasteiger partial charge in [0.15, 0.2) is 5.58 Å². The predicted octanol–water partition coefficient (Wildman–Crippen LogP) is 1.48. The maximum absolute atomic E-state index is 11.8. The Balaban J connectivity index is 0.000000324. The molecule has 2 aromatic carbocycles. The molecular formula is C16H17KO3P+. The van der Waals surface area contributed by atoms with E-state index in [1.54, 1.807) is 20.8 Å². The molecule has 0 N–H and O–H groups in total. The van der Waals surface area contributed by atoms with Crippen LogP contribution in [0.2, 0.25) is 0 Å². The fraction of sp³-hybridized carbons (Fsp3) is 0.250. The van der Waals surface area contributed by atoms with Gasteiger partial charge in [-0.05, 0) is 22.8 Å². The van der Waals surface area contributed by atoms with Crippen molar-refractivity contribution >= 4 is 29.1 Å². The van der Waals surface area contributed by atoms with Crippen LogP contribution in [-0.2, 0) is 4.57 Å². The molecule has 104 valence electrons. The minimum atomic E-state index is -1.74. The van der Waals surface area contributed by atoms with Crippen molar-refractivity contribution in [2.75, 3.05) is 0 Å². The Kier molecular flexibility index (Phi) is 7.21. The van der Waals surface area contributed by atoms with Crippen LogP contribution in [0.4, 0.5) is 0 Å². The average molecular weight is 327 g/mol. The third-order valence-electron chi connectivity index (χ3n) is 2.46. The summed E-state index contributed by atoms with van der Waals surface area (Å²) in [5.41, 5.74) is -0.0442. The van der Waals surface area contributed by atoms with Gasteiger partial charge >= 0.3 is 59.0 Å². The maximum atomic E-state index is 11.8. The van der Waals surface area contributed by atoms with Crippen LogP contribution in [0.5, 0.6) is 0 Å². The first-order valence-electron chi connectivity index (χ1n) is 6.40. The summed E-state index contributed by atoms with van der Waals surface area (Å²) in [6, 6.07) is 15.3. The summed E-state index contributed by atoms with van der Waals surface area (Å²) in [6.07, 6.45) is 0. The second kappa shape index (κ2) is 7.98. The second-order valence-corrected chi connectivity index (χ2v) is 6.65. The summed E-state index contributed by atoms with van der Waals surface area (Å²) >= 11 is 0. The summed E-state index contributed by atoms with van der Waals surface area (Å²) in [7, 11) is -1.74. The molecule has 0 aliphatic heterocycles. The van der Waals surface area contributed by atoms with E-state index in [0.29, 0.717) is 5.58 Å². The molecule has 0 bridgehead atoms. The van der Waals surface area contributed by atoms with Gasteiger partial charge in [-0.25, -0.2) is 4.20 Å². The largest absolute Gasteiger partial charge is 1.00 e. The topological polar surface area (TPSA) is 53.3 Å². The molecule has 1 atom stereocenters. The van der Waals surface area contributed by atoms with Gasteiger partial charge in [-0.2, -0.15) is 0 Å². The van der Waals surface area contributed by atoms with E-state index in [9.17, 15) is 9.67 Å². The van der Waals surface area contributed by atoms with E-state index in [0.717, 1.165) is 15.9 Å². The molecule has 0 saturated heterocycles. The number of hydrogen-bond donors (Lipinski definition) is 0. The van der Waals surface area contributed by atoms with Crippen molar-refractivity contribution in [3.8, 4) is 0 Å². The molecule has 3 rings (SSSR count). The average Bonchev–Trinajstić information content (AvgIpc) is 2.37. The van der Waals surface area contributed by atoms with Gasteiger partial charge in [0.2, 0.25) is 5.12 Å². The van der Waals surface area contributed by atoms with Crippen molar-refractivity contribution in [3.05, 3.63) is 48.5 Å². The molecular weight excluding hydrogens is 310 g/mol. The summed E-state index contributed by atoms with van der Waals surface area (Å²) in [4.78, 5) is 0. The van der Waals surface area contributed by atoms with Crippen molar-refractivity contribution in [2.45, 2.75) is 26.4 Å². The number of para-hydroxylation sites is 1. The van der Waals surface area contributed by atoms with Crippen LogP contribution in [-0.4, -0.2) is 5.60 Å². The minimum Gasteiger partial charge on any atom is -0.850 e. The van der Waals surface area contributed by atoms with Crippen molar-refractivity contribution in [1.29, 1.82) is 0 Å². The Morgan fingerprint density at radius 2 is 1.43 bits per heavy atom. The molecule has 5 heteroatoms. The van der Waals surface area contributed by atoms with Crippen LogP contribution in [0, 0.1) is 0 Å². The number of fused-ring (bicyclic) bond motifs is 3. The third kappa shape index (κ3) is 5.57. The van der Waals surface area contributed by atoms with Gasteiger partial charge in [-0.3, -0.25) is 0 Å². The molecule has 3 aromatic rings. The van der Waals surface area contributed by atoms with E-state index in [1.807, 2.05) is 48.5 Å². The van der Waals surface area contributed by atoms with Crippen LogP contribution in [0.3, 0.4) is 0 Å². The van der Waals surface area contributed by atoms with E-state index < -0.39 is 13.3 Å². The molecule has 1 heterocycles. The first-order valence-corrected chi connectivity index (χ1v) is 7.58. The first-order chi connectivity index (χ1) is 9.36. The third-order valence-corrected chi connectivity index (χ3v) is 3.61. The standard InChI is InChI=1S/C12H8O2P.C4H9O.K/c13-15-12-8-4-2-6-10(12)9-5-1-3-7-11(9)14-15;1-4(2,3)5;/h1-8H;1-3H3;/q+1;-1;+1. The fourth-order valence-electron chi connectivity index (χ4n) is 1.77. The van der Waals surface area contributed by atoms with Crippen molar-refractivity contribution in [2.24, 2.45) is 0 Å². The van der Waals surface area contributed by atoms with Crippen molar-refractivity contribution in [1.82, 2.24) is 0 Å². The quantitative estimate of drug-likeness (QED) is 0.464. The van der Waals surface area contributed by atoms with Gasteiger partial charge in [0.25, 0.3) is 0 Å². The van der Waals surface area contributed by atoms with E-state index in [1.165, 1.54) is 0 Å². The van der Waals surface area contributed by atoms with Crippen LogP contribution in [0.15, 0.2) is 52.7 Å². The Morgan fingerprint density at radius 3 is 2.05 bits per heavy atom. The number of benzene rings is 2. The monoisotopic (exact) mass is 327 g/mol. The zero-order valence-electron chi connectivity index (χ0n) is 12.8. The van der Waals surface area contributed by atoms with E-state index >= 15 is 0 Å². The molecule has 21 heavy (non-hydrogen) atoms. The minimum absolute atomic E-state index is 0. The van der Waals surface area contributed by atoms with Gasteiger partial charge in [0.1, 0.15) is 0 Å². The molecule has 0 fully saturated rings. The van der Waals surface area contributed by atoms with E-state index in [2.05, 4.69) is 0 Å². The molecule has 0 aliphatic rings. The number of hydrogen-bond acceptors (Lipinski definition) is 3. The molecule has 0 saturated carbocycles. The molecule has 0 spiro atoms. The van der Waals surface area contributed by atoms with Gasteiger partial charge in [0, 0.05) is 10.8 Å². The van der Waals surface area contributed by atoms with Gasteiger partial charge in [-0.15, -0.1) is 5.60 Å². The van der Waals surface area contributed by atoms with Crippen molar-refractivity contribution in [3.63, 3.8) is 0 Å². The summed E-state index contributed by atoms with van der Waals surface area (Å²) in [6.45, 7) is 4.90. The normalized spacial score (nSPS) is 11.5. The number of rotatable bonds is 0. The Hall–Kier alpha value is -0.0636. The van der Waals surface area contributed by atoms with Crippen LogP contribution in [0.25, 0.3) is 21.5 Å². The van der Waals surface area contributed by atoms with E-state index in [4.69, 9.17) is 4.20 Å². The summed E-state index contributed by atoms with van der Waals surface area (Å²) in [5, 5.41) is 12.9.